The molecule has 0 amide bonds. The van der Waals surface area contributed by atoms with Gasteiger partial charge in [0.1, 0.15) is 6.04 Å². The van der Waals surface area contributed by atoms with Crippen molar-refractivity contribution in [3.8, 4) is 0 Å². The van der Waals surface area contributed by atoms with Crippen LogP contribution in [0.15, 0.2) is 0 Å². The summed E-state index contributed by atoms with van der Waals surface area (Å²) in [7, 11) is 0. The van der Waals surface area contributed by atoms with Crippen LogP contribution >= 0.6 is 0 Å². The van der Waals surface area contributed by atoms with Crippen LogP contribution in [-0.2, 0) is 9.53 Å². The average molecular weight is 213 g/mol. The molecular weight excluding hydrogens is 194 g/mol. The molecule has 0 saturated carbocycles. The van der Waals surface area contributed by atoms with Gasteiger partial charge in [0, 0.05) is 19.3 Å². The van der Waals surface area contributed by atoms with Crippen molar-refractivity contribution in [1.29, 1.82) is 0 Å². The Kier molecular flexibility index (Phi) is 3.59. The Morgan fingerprint density at radius 2 is 2.07 bits per heavy atom. The van der Waals surface area contributed by atoms with E-state index in [0.717, 1.165) is 51.9 Å². The Hall–Kier alpha value is -0.610. The third-order valence-electron chi connectivity index (χ3n) is 3.47. The van der Waals surface area contributed by atoms with E-state index in [-0.39, 0.29) is 6.04 Å². The molecule has 2 heterocycles. The number of hydrogen-bond donors (Lipinski definition) is 1. The van der Waals surface area contributed by atoms with Crippen LogP contribution in [0.2, 0.25) is 0 Å². The summed E-state index contributed by atoms with van der Waals surface area (Å²) >= 11 is 0. The minimum absolute atomic E-state index is 0.243. The van der Waals surface area contributed by atoms with Gasteiger partial charge in [-0.2, -0.15) is 0 Å². The molecular formula is C11H19NO3. The van der Waals surface area contributed by atoms with Crippen molar-refractivity contribution in [3.05, 3.63) is 0 Å². The van der Waals surface area contributed by atoms with Gasteiger partial charge >= 0.3 is 5.97 Å². The first kappa shape index (κ1) is 10.9. The summed E-state index contributed by atoms with van der Waals surface area (Å²) in [6.07, 6.45) is 4.97. The molecule has 0 bridgehead atoms. The Balaban J connectivity index is 1.97. The molecule has 1 N–H and O–H groups in total. The van der Waals surface area contributed by atoms with Crippen molar-refractivity contribution in [2.45, 2.75) is 44.2 Å². The standard InChI is InChI=1S/C11H19NO3/c13-11(14)10-4-1-6-12(10)9-3-2-7-15-8-5-9/h9-10H,1-8H2,(H,13,14). The highest BCUT2D eigenvalue weighted by atomic mass is 16.5. The van der Waals surface area contributed by atoms with Crippen molar-refractivity contribution in [3.63, 3.8) is 0 Å². The van der Waals surface area contributed by atoms with Gasteiger partial charge in [0.15, 0.2) is 0 Å². The van der Waals surface area contributed by atoms with Gasteiger partial charge < -0.3 is 9.84 Å². The fourth-order valence-electron chi connectivity index (χ4n) is 2.71. The predicted octanol–water partition coefficient (Wildman–Crippen LogP) is 1.10. The number of hydrogen-bond acceptors (Lipinski definition) is 3. The highest BCUT2D eigenvalue weighted by molar-refractivity contribution is 5.73. The second-order valence-corrected chi connectivity index (χ2v) is 4.43. The SMILES string of the molecule is O=C(O)C1CCCN1C1CCCOCC1. The number of carbonyl (C=O) groups is 1. The highest BCUT2D eigenvalue weighted by Crippen LogP contribution is 2.25. The number of rotatable bonds is 2. The second kappa shape index (κ2) is 4.94. The maximum absolute atomic E-state index is 11.1. The Labute approximate surface area is 90.2 Å². The van der Waals surface area contributed by atoms with Gasteiger partial charge in [0.2, 0.25) is 0 Å². The molecule has 2 atom stereocenters. The Bertz CT molecular complexity index is 224. The molecule has 86 valence electrons. The van der Waals surface area contributed by atoms with Gasteiger partial charge in [-0.05, 0) is 38.6 Å². The lowest BCUT2D eigenvalue weighted by Gasteiger charge is -2.29. The van der Waals surface area contributed by atoms with Crippen LogP contribution < -0.4 is 0 Å². The molecule has 0 aromatic carbocycles. The van der Waals surface area contributed by atoms with Gasteiger partial charge in [-0.1, -0.05) is 0 Å². The van der Waals surface area contributed by atoms with Crippen molar-refractivity contribution in [2.75, 3.05) is 19.8 Å². The summed E-state index contributed by atoms with van der Waals surface area (Å²) in [5.41, 5.74) is 0. The van der Waals surface area contributed by atoms with E-state index >= 15 is 0 Å². The quantitative estimate of drug-likeness (QED) is 0.746. The zero-order valence-corrected chi connectivity index (χ0v) is 9.02. The van der Waals surface area contributed by atoms with E-state index in [1.165, 1.54) is 0 Å². The molecule has 15 heavy (non-hydrogen) atoms. The summed E-state index contributed by atoms with van der Waals surface area (Å²) in [5.74, 6) is -0.655. The van der Waals surface area contributed by atoms with E-state index in [1.54, 1.807) is 0 Å². The molecule has 0 aliphatic carbocycles. The summed E-state index contributed by atoms with van der Waals surface area (Å²) in [6.45, 7) is 2.57. The van der Waals surface area contributed by atoms with Crippen molar-refractivity contribution in [2.24, 2.45) is 0 Å². The molecule has 0 aromatic rings. The zero-order valence-electron chi connectivity index (χ0n) is 9.02. The number of likely N-dealkylation sites (tertiary alicyclic amines) is 1. The number of carboxylic acids is 1. The average Bonchev–Trinajstić information content (AvgIpc) is 2.55. The minimum Gasteiger partial charge on any atom is -0.480 e. The first-order valence-corrected chi connectivity index (χ1v) is 5.85. The number of carboxylic acid groups (broad SMARTS) is 1. The third-order valence-corrected chi connectivity index (χ3v) is 3.47. The molecule has 2 aliphatic rings. The molecule has 0 spiro atoms. The van der Waals surface area contributed by atoms with Gasteiger partial charge in [-0.25, -0.2) is 0 Å². The van der Waals surface area contributed by atoms with Crippen molar-refractivity contribution >= 4 is 5.97 Å². The largest absolute Gasteiger partial charge is 0.480 e. The molecule has 2 unspecified atom stereocenters. The smallest absolute Gasteiger partial charge is 0.320 e. The maximum atomic E-state index is 11.1. The third kappa shape index (κ3) is 2.49. The van der Waals surface area contributed by atoms with Crippen LogP contribution in [0.5, 0.6) is 0 Å². The predicted molar refractivity (Wildman–Crippen MR) is 55.8 cm³/mol. The number of aliphatic carboxylic acids is 1. The second-order valence-electron chi connectivity index (χ2n) is 4.43. The first-order chi connectivity index (χ1) is 7.29. The fraction of sp³-hybridized carbons (Fsp3) is 0.909. The summed E-state index contributed by atoms with van der Waals surface area (Å²) in [5, 5.41) is 9.11. The normalized spacial score (nSPS) is 33.9. The molecule has 2 saturated heterocycles. The lowest BCUT2D eigenvalue weighted by Crippen LogP contribution is -2.43. The summed E-state index contributed by atoms with van der Waals surface area (Å²) in [6, 6.07) is 0.184. The summed E-state index contributed by atoms with van der Waals surface area (Å²) in [4.78, 5) is 13.2. The van der Waals surface area contributed by atoms with Gasteiger partial charge in [0.05, 0.1) is 0 Å². The monoisotopic (exact) mass is 213 g/mol. The summed E-state index contributed by atoms with van der Waals surface area (Å²) < 4.78 is 5.41. The van der Waals surface area contributed by atoms with E-state index in [2.05, 4.69) is 4.90 Å². The molecule has 2 rings (SSSR count). The van der Waals surface area contributed by atoms with E-state index < -0.39 is 5.97 Å². The first-order valence-electron chi connectivity index (χ1n) is 5.85. The molecule has 0 aromatic heterocycles. The van der Waals surface area contributed by atoms with Crippen LogP contribution in [0.3, 0.4) is 0 Å². The topological polar surface area (TPSA) is 49.8 Å². The molecule has 4 nitrogen and oxygen atoms in total. The minimum atomic E-state index is -0.655. The van der Waals surface area contributed by atoms with Crippen LogP contribution in [0.4, 0.5) is 0 Å². The lowest BCUT2D eigenvalue weighted by atomic mass is 10.1. The Morgan fingerprint density at radius 1 is 1.20 bits per heavy atom. The maximum Gasteiger partial charge on any atom is 0.320 e. The van der Waals surface area contributed by atoms with Crippen molar-refractivity contribution in [1.82, 2.24) is 4.90 Å². The van der Waals surface area contributed by atoms with Gasteiger partial charge in [0.25, 0.3) is 0 Å². The van der Waals surface area contributed by atoms with E-state index in [0.29, 0.717) is 6.04 Å². The Morgan fingerprint density at radius 3 is 2.87 bits per heavy atom. The van der Waals surface area contributed by atoms with E-state index in [9.17, 15) is 4.79 Å². The van der Waals surface area contributed by atoms with Crippen LogP contribution in [0, 0.1) is 0 Å². The van der Waals surface area contributed by atoms with E-state index in [4.69, 9.17) is 9.84 Å². The lowest BCUT2D eigenvalue weighted by molar-refractivity contribution is -0.143. The van der Waals surface area contributed by atoms with E-state index in [1.807, 2.05) is 0 Å². The number of ether oxygens (including phenoxy) is 1. The van der Waals surface area contributed by atoms with Crippen LogP contribution in [0.25, 0.3) is 0 Å². The molecule has 2 fully saturated rings. The van der Waals surface area contributed by atoms with Crippen LogP contribution in [0.1, 0.15) is 32.1 Å². The fourth-order valence-corrected chi connectivity index (χ4v) is 2.71. The molecule has 0 radical (unpaired) electrons. The highest BCUT2D eigenvalue weighted by Gasteiger charge is 2.35. The van der Waals surface area contributed by atoms with Crippen LogP contribution in [-0.4, -0.2) is 47.8 Å². The molecule has 2 aliphatic heterocycles. The molecule has 4 heteroatoms. The number of nitrogens with zero attached hydrogens (tertiary/aromatic N) is 1. The van der Waals surface area contributed by atoms with Gasteiger partial charge in [-0.15, -0.1) is 0 Å². The zero-order chi connectivity index (χ0) is 10.7. The van der Waals surface area contributed by atoms with Crippen molar-refractivity contribution < 1.29 is 14.6 Å². The van der Waals surface area contributed by atoms with Gasteiger partial charge in [-0.3, -0.25) is 9.69 Å².